The minimum absolute atomic E-state index is 0.792. The van der Waals surface area contributed by atoms with Crippen LogP contribution in [0.3, 0.4) is 0 Å². The standard InChI is InChI=1S/C12H16N2O2/c1-15-10-6-9(7-11(8-10)16-2)14-12-4-3-5-13-12/h6-8H,3-5H2,1-2H3,(H,13,14)/p+1. The van der Waals surface area contributed by atoms with E-state index in [4.69, 9.17) is 9.47 Å². The van der Waals surface area contributed by atoms with Crippen LogP contribution in [0.2, 0.25) is 0 Å². The number of hydrogen-bond acceptors (Lipinski definition) is 3. The Kier molecular flexibility index (Phi) is 3.29. The molecule has 1 aromatic carbocycles. The minimum Gasteiger partial charge on any atom is -0.496 e. The van der Waals surface area contributed by atoms with Crippen molar-refractivity contribution in [3.63, 3.8) is 0 Å². The number of ether oxygens (including phenoxy) is 2. The van der Waals surface area contributed by atoms with Gasteiger partial charge < -0.3 is 9.47 Å². The lowest BCUT2D eigenvalue weighted by Gasteiger charge is -2.06. The van der Waals surface area contributed by atoms with Gasteiger partial charge in [0.15, 0.2) is 0 Å². The fraction of sp³-hybridized carbons (Fsp3) is 0.417. The summed E-state index contributed by atoms with van der Waals surface area (Å²) >= 11 is 0. The molecule has 0 fully saturated rings. The Morgan fingerprint density at radius 3 is 2.31 bits per heavy atom. The van der Waals surface area contributed by atoms with E-state index in [0.29, 0.717) is 0 Å². The van der Waals surface area contributed by atoms with Crippen LogP contribution in [0.5, 0.6) is 11.5 Å². The predicted molar refractivity (Wildman–Crippen MR) is 63.2 cm³/mol. The average molecular weight is 221 g/mol. The summed E-state index contributed by atoms with van der Waals surface area (Å²) in [6, 6.07) is 5.77. The Labute approximate surface area is 95.3 Å². The molecule has 0 amide bonds. The number of amidine groups is 1. The summed E-state index contributed by atoms with van der Waals surface area (Å²) in [6.45, 7) is 1.05. The molecule has 0 saturated carbocycles. The first-order valence-corrected chi connectivity index (χ1v) is 5.41. The zero-order chi connectivity index (χ0) is 11.4. The summed E-state index contributed by atoms with van der Waals surface area (Å²) in [5.41, 5.74) is 0.987. The van der Waals surface area contributed by atoms with E-state index >= 15 is 0 Å². The summed E-state index contributed by atoms with van der Waals surface area (Å²) in [7, 11) is 3.30. The van der Waals surface area contributed by atoms with Gasteiger partial charge in [-0.2, -0.15) is 0 Å². The largest absolute Gasteiger partial charge is 0.496 e. The van der Waals surface area contributed by atoms with Gasteiger partial charge in [-0.05, 0) is 6.42 Å². The number of methoxy groups -OCH3 is 2. The van der Waals surface area contributed by atoms with Crippen LogP contribution in [-0.4, -0.2) is 26.6 Å². The lowest BCUT2D eigenvalue weighted by Crippen LogP contribution is -2.70. The lowest BCUT2D eigenvalue weighted by molar-refractivity contribution is -0.447. The van der Waals surface area contributed by atoms with Crippen LogP contribution in [0, 0.1) is 0 Å². The second-order valence-electron chi connectivity index (χ2n) is 3.74. The van der Waals surface area contributed by atoms with E-state index in [1.165, 1.54) is 6.42 Å². The fourth-order valence-electron chi connectivity index (χ4n) is 1.75. The lowest BCUT2D eigenvalue weighted by atomic mass is 10.2. The summed E-state index contributed by atoms with van der Waals surface area (Å²) in [4.78, 5) is 3.30. The van der Waals surface area contributed by atoms with Gasteiger partial charge in [-0.3, -0.25) is 4.99 Å². The molecule has 0 unspecified atom stereocenters. The fourth-order valence-corrected chi connectivity index (χ4v) is 1.75. The average Bonchev–Trinajstić information content (AvgIpc) is 2.81. The molecule has 1 aromatic rings. The summed E-state index contributed by atoms with van der Waals surface area (Å²) in [5.74, 6) is 2.75. The van der Waals surface area contributed by atoms with Gasteiger partial charge in [-0.1, -0.05) is 0 Å². The second kappa shape index (κ2) is 4.88. The van der Waals surface area contributed by atoms with E-state index in [9.17, 15) is 0 Å². The van der Waals surface area contributed by atoms with Crippen molar-refractivity contribution in [2.75, 3.05) is 26.1 Å². The van der Waals surface area contributed by atoms with E-state index in [1.807, 2.05) is 18.2 Å². The molecule has 2 N–H and O–H groups in total. The third-order valence-electron chi connectivity index (χ3n) is 2.59. The third-order valence-corrected chi connectivity index (χ3v) is 2.59. The van der Waals surface area contributed by atoms with Gasteiger partial charge in [-0.15, -0.1) is 0 Å². The molecule has 1 heterocycles. The third kappa shape index (κ3) is 2.45. The molecule has 0 spiro atoms. The Morgan fingerprint density at radius 2 is 1.81 bits per heavy atom. The highest BCUT2D eigenvalue weighted by atomic mass is 16.5. The zero-order valence-corrected chi connectivity index (χ0v) is 9.67. The van der Waals surface area contributed by atoms with Crippen LogP contribution >= 0.6 is 0 Å². The first-order valence-electron chi connectivity index (χ1n) is 5.41. The predicted octanol–water partition coefficient (Wildman–Crippen LogP) is 0.389. The monoisotopic (exact) mass is 221 g/mol. The van der Waals surface area contributed by atoms with Crippen molar-refractivity contribution >= 4 is 11.5 Å². The van der Waals surface area contributed by atoms with Gasteiger partial charge in [0.25, 0.3) is 0 Å². The summed E-state index contributed by atoms with van der Waals surface area (Å²) in [6.07, 6.45) is 2.25. The number of hydrogen-bond donors (Lipinski definition) is 2. The molecule has 1 aliphatic rings. The Hall–Kier alpha value is -1.71. The van der Waals surface area contributed by atoms with E-state index in [0.717, 1.165) is 36.0 Å². The Morgan fingerprint density at radius 1 is 1.12 bits per heavy atom. The van der Waals surface area contributed by atoms with Gasteiger partial charge in [-0.25, -0.2) is 5.32 Å². The van der Waals surface area contributed by atoms with Gasteiger partial charge in [0.05, 0.1) is 27.2 Å². The van der Waals surface area contributed by atoms with Crippen LogP contribution in [0.25, 0.3) is 0 Å². The van der Waals surface area contributed by atoms with Crippen molar-refractivity contribution in [1.82, 2.24) is 0 Å². The van der Waals surface area contributed by atoms with Crippen molar-refractivity contribution in [2.45, 2.75) is 12.8 Å². The minimum atomic E-state index is 0.792. The normalized spacial score (nSPS) is 14.5. The molecular weight excluding hydrogens is 204 g/mol. The topological polar surface area (TPSA) is 44.5 Å². The Bertz CT molecular complexity index is 380. The van der Waals surface area contributed by atoms with E-state index in [2.05, 4.69) is 10.3 Å². The molecule has 1 aliphatic heterocycles. The van der Waals surface area contributed by atoms with Gasteiger partial charge in [0, 0.05) is 18.2 Å². The quantitative estimate of drug-likeness (QED) is 0.776. The molecule has 0 saturated heterocycles. The van der Waals surface area contributed by atoms with Crippen LogP contribution in [0.4, 0.5) is 5.69 Å². The first kappa shape index (κ1) is 10.8. The summed E-state index contributed by atoms with van der Waals surface area (Å²) in [5, 5.41) is 3.34. The number of rotatable bonds is 3. The molecule has 86 valence electrons. The van der Waals surface area contributed by atoms with Crippen molar-refractivity contribution in [3.8, 4) is 11.5 Å². The molecule has 0 atom stereocenters. The van der Waals surface area contributed by atoms with Gasteiger partial charge in [0.2, 0.25) is 5.84 Å². The smallest absolute Gasteiger partial charge is 0.247 e. The molecule has 0 aromatic heterocycles. The van der Waals surface area contributed by atoms with Crippen LogP contribution in [-0.2, 0) is 0 Å². The highest BCUT2D eigenvalue weighted by molar-refractivity contribution is 5.92. The Balaban J connectivity index is 2.18. The van der Waals surface area contributed by atoms with Gasteiger partial charge in [0.1, 0.15) is 17.2 Å². The number of benzene rings is 1. The SMILES string of the molecule is COc1cc(NC2=[NH+]CCC2)cc(OC)c1. The van der Waals surface area contributed by atoms with E-state index < -0.39 is 0 Å². The molecule has 0 bridgehead atoms. The molecule has 4 heteroatoms. The van der Waals surface area contributed by atoms with Gasteiger partial charge >= 0.3 is 0 Å². The summed E-state index contributed by atoms with van der Waals surface area (Å²) < 4.78 is 10.4. The number of nitrogens with one attached hydrogen (secondary N) is 2. The highest BCUT2D eigenvalue weighted by Gasteiger charge is 2.14. The van der Waals surface area contributed by atoms with Crippen molar-refractivity contribution in [3.05, 3.63) is 18.2 Å². The van der Waals surface area contributed by atoms with E-state index in [-0.39, 0.29) is 0 Å². The molecule has 2 rings (SSSR count). The van der Waals surface area contributed by atoms with Crippen molar-refractivity contribution < 1.29 is 14.5 Å². The highest BCUT2D eigenvalue weighted by Crippen LogP contribution is 2.25. The van der Waals surface area contributed by atoms with E-state index in [1.54, 1.807) is 14.2 Å². The van der Waals surface area contributed by atoms with Crippen molar-refractivity contribution in [2.24, 2.45) is 0 Å². The zero-order valence-electron chi connectivity index (χ0n) is 9.67. The molecule has 0 aliphatic carbocycles. The van der Waals surface area contributed by atoms with Crippen molar-refractivity contribution in [1.29, 1.82) is 0 Å². The molecule has 16 heavy (non-hydrogen) atoms. The maximum Gasteiger partial charge on any atom is 0.247 e. The van der Waals surface area contributed by atoms with Crippen LogP contribution < -0.4 is 19.8 Å². The van der Waals surface area contributed by atoms with Crippen LogP contribution in [0.1, 0.15) is 12.8 Å². The number of anilines is 1. The second-order valence-corrected chi connectivity index (χ2v) is 3.74. The first-order chi connectivity index (χ1) is 7.81. The maximum atomic E-state index is 5.21. The molecule has 4 nitrogen and oxygen atoms in total. The maximum absolute atomic E-state index is 5.21. The van der Waals surface area contributed by atoms with Crippen LogP contribution in [0.15, 0.2) is 18.2 Å². The molecule has 0 radical (unpaired) electrons. The molecular formula is C12H17N2O2+.